The highest BCUT2D eigenvalue weighted by atomic mass is 32.1. The summed E-state index contributed by atoms with van der Waals surface area (Å²) >= 11 is 1.59. The van der Waals surface area contributed by atoms with Crippen molar-refractivity contribution in [1.82, 2.24) is 9.38 Å². The van der Waals surface area contributed by atoms with Crippen molar-refractivity contribution in [2.24, 2.45) is 17.4 Å². The third kappa shape index (κ3) is 2.06. The van der Waals surface area contributed by atoms with E-state index < -0.39 is 0 Å². The van der Waals surface area contributed by atoms with Crippen LogP contribution in [0.25, 0.3) is 4.96 Å². The molecule has 0 aromatic carbocycles. The fraction of sp³-hybridized carbons (Fsp3) is 0.538. The van der Waals surface area contributed by atoms with E-state index >= 15 is 0 Å². The number of hydrogen-bond donors (Lipinski definition) is 2. The molecule has 0 spiro atoms. The van der Waals surface area contributed by atoms with E-state index in [0.717, 1.165) is 29.3 Å². The molecule has 3 heterocycles. The van der Waals surface area contributed by atoms with Gasteiger partial charge in [-0.05, 0) is 19.8 Å². The number of nitrogens with two attached hydrogens (primary N) is 2. The summed E-state index contributed by atoms with van der Waals surface area (Å²) in [5.41, 5.74) is 12.4. The number of carbonyl (C=O) groups is 1. The lowest BCUT2D eigenvalue weighted by molar-refractivity contribution is -0.122. The first-order chi connectivity index (χ1) is 9.61. The van der Waals surface area contributed by atoms with E-state index in [4.69, 9.17) is 11.5 Å². The van der Waals surface area contributed by atoms with Crippen LogP contribution in [0.15, 0.2) is 11.6 Å². The monoisotopic (exact) mass is 293 g/mol. The average Bonchev–Trinajstić information content (AvgIpc) is 2.98. The zero-order valence-corrected chi connectivity index (χ0v) is 12.3. The van der Waals surface area contributed by atoms with Crippen molar-refractivity contribution in [3.05, 3.63) is 17.3 Å². The molecule has 7 heteroatoms. The van der Waals surface area contributed by atoms with Crippen LogP contribution >= 0.6 is 11.3 Å². The molecule has 4 N–H and O–H groups in total. The molecule has 6 nitrogen and oxygen atoms in total. The molecule has 2 aromatic heterocycles. The van der Waals surface area contributed by atoms with E-state index in [1.807, 2.05) is 16.0 Å². The highest BCUT2D eigenvalue weighted by Gasteiger charge is 2.31. The molecule has 0 bridgehead atoms. The molecule has 1 aliphatic heterocycles. The molecule has 1 fully saturated rings. The summed E-state index contributed by atoms with van der Waals surface area (Å²) in [6, 6.07) is 0.348. The minimum absolute atomic E-state index is 0.100. The molecular formula is C13H19N5OS. The molecule has 2 atom stereocenters. The number of nitrogens with zero attached hydrogens (tertiary/aromatic N) is 3. The summed E-state index contributed by atoms with van der Waals surface area (Å²) in [5.74, 6) is 0.576. The fourth-order valence-electron chi connectivity index (χ4n) is 2.88. The van der Waals surface area contributed by atoms with Crippen molar-refractivity contribution in [2.75, 3.05) is 11.4 Å². The quantitative estimate of drug-likeness (QED) is 0.881. The number of anilines is 1. The van der Waals surface area contributed by atoms with Gasteiger partial charge in [-0.2, -0.15) is 0 Å². The van der Waals surface area contributed by atoms with Crippen molar-refractivity contribution < 1.29 is 4.79 Å². The molecule has 0 saturated carbocycles. The van der Waals surface area contributed by atoms with E-state index in [0.29, 0.717) is 19.1 Å². The number of thiazole rings is 1. The summed E-state index contributed by atoms with van der Waals surface area (Å²) < 4.78 is 2.03. The number of amides is 1. The summed E-state index contributed by atoms with van der Waals surface area (Å²) in [6.07, 6.45) is 3.79. The molecule has 1 aliphatic rings. The van der Waals surface area contributed by atoms with Crippen molar-refractivity contribution in [2.45, 2.75) is 32.4 Å². The number of hydrogen-bond acceptors (Lipinski definition) is 5. The van der Waals surface area contributed by atoms with Gasteiger partial charge in [0.25, 0.3) is 0 Å². The third-order valence-electron chi connectivity index (χ3n) is 4.09. The zero-order valence-electron chi connectivity index (χ0n) is 11.5. The Kier molecular flexibility index (Phi) is 3.39. The number of imidazole rings is 1. The minimum Gasteiger partial charge on any atom is -0.369 e. The summed E-state index contributed by atoms with van der Waals surface area (Å²) in [6.45, 7) is 3.22. The maximum Gasteiger partial charge on any atom is 0.222 e. The number of carbonyl (C=O) groups excluding carboxylic acids is 1. The van der Waals surface area contributed by atoms with Crippen LogP contribution in [0.1, 0.15) is 25.5 Å². The van der Waals surface area contributed by atoms with Gasteiger partial charge in [-0.1, -0.05) is 0 Å². The molecule has 3 rings (SSSR count). The maximum absolute atomic E-state index is 11.5. The van der Waals surface area contributed by atoms with E-state index in [1.54, 1.807) is 11.3 Å². The van der Waals surface area contributed by atoms with Gasteiger partial charge in [-0.15, -0.1) is 11.3 Å². The van der Waals surface area contributed by atoms with Crippen molar-refractivity contribution >= 4 is 28.0 Å². The summed E-state index contributed by atoms with van der Waals surface area (Å²) in [4.78, 5) is 19.3. The van der Waals surface area contributed by atoms with Crippen LogP contribution in [-0.2, 0) is 11.3 Å². The van der Waals surface area contributed by atoms with Gasteiger partial charge >= 0.3 is 0 Å². The van der Waals surface area contributed by atoms with Gasteiger partial charge in [0.15, 0.2) is 10.8 Å². The Labute approximate surface area is 121 Å². The lowest BCUT2D eigenvalue weighted by atomic mass is 9.93. The van der Waals surface area contributed by atoms with Crippen molar-refractivity contribution in [3.63, 3.8) is 0 Å². The van der Waals surface area contributed by atoms with Gasteiger partial charge in [0.05, 0.1) is 11.6 Å². The Morgan fingerprint density at radius 1 is 1.55 bits per heavy atom. The number of fused-ring (bicyclic) bond motifs is 1. The second kappa shape index (κ2) is 5.06. The van der Waals surface area contributed by atoms with Crippen LogP contribution in [0.5, 0.6) is 0 Å². The molecule has 2 aromatic rings. The third-order valence-corrected chi connectivity index (χ3v) is 4.85. The highest BCUT2D eigenvalue weighted by Crippen LogP contribution is 2.31. The number of aromatic nitrogens is 2. The first-order valence-corrected chi connectivity index (χ1v) is 7.70. The normalized spacial score (nSPS) is 23.4. The smallest absolute Gasteiger partial charge is 0.222 e. The van der Waals surface area contributed by atoms with Crippen molar-refractivity contribution in [1.29, 1.82) is 0 Å². The topological polar surface area (TPSA) is 89.7 Å². The Balaban J connectivity index is 1.99. The van der Waals surface area contributed by atoms with Gasteiger partial charge in [-0.25, -0.2) is 4.98 Å². The molecule has 20 heavy (non-hydrogen) atoms. The van der Waals surface area contributed by atoms with Crippen LogP contribution < -0.4 is 16.4 Å². The lowest BCUT2D eigenvalue weighted by Gasteiger charge is -2.37. The molecule has 0 radical (unpaired) electrons. The highest BCUT2D eigenvalue weighted by molar-refractivity contribution is 7.15. The van der Waals surface area contributed by atoms with Crippen LogP contribution in [0.4, 0.5) is 5.82 Å². The van der Waals surface area contributed by atoms with Gasteiger partial charge in [0.1, 0.15) is 0 Å². The average molecular weight is 293 g/mol. The maximum atomic E-state index is 11.5. The van der Waals surface area contributed by atoms with Gasteiger partial charge < -0.3 is 16.4 Å². The minimum atomic E-state index is -0.225. The SMILES string of the molecule is CC1CCC(C(N)=O)CN1c1nc2sccn2c1CN. The second-order valence-corrected chi connectivity index (χ2v) is 6.19. The molecular weight excluding hydrogens is 274 g/mol. The molecule has 1 amide bonds. The van der Waals surface area contributed by atoms with Crippen LogP contribution in [-0.4, -0.2) is 27.9 Å². The van der Waals surface area contributed by atoms with E-state index in [1.165, 1.54) is 0 Å². The number of piperidine rings is 1. The number of rotatable bonds is 3. The van der Waals surface area contributed by atoms with Crippen molar-refractivity contribution in [3.8, 4) is 0 Å². The van der Waals surface area contributed by atoms with Gasteiger partial charge in [-0.3, -0.25) is 9.20 Å². The standard InChI is InChI=1S/C13H19N5OS/c1-8-2-3-9(11(15)19)7-18(8)12-10(6-14)17-4-5-20-13(17)16-12/h4-5,8-9H,2-3,6-7,14H2,1H3,(H2,15,19). The number of primary amides is 1. The van der Waals surface area contributed by atoms with Crippen LogP contribution in [0.3, 0.4) is 0 Å². The fourth-order valence-corrected chi connectivity index (χ4v) is 3.60. The molecule has 0 aliphatic carbocycles. The van der Waals surface area contributed by atoms with Crippen LogP contribution in [0, 0.1) is 5.92 Å². The largest absolute Gasteiger partial charge is 0.369 e. The predicted octanol–water partition coefficient (Wildman–Crippen LogP) is 0.945. The second-order valence-electron chi connectivity index (χ2n) is 5.32. The van der Waals surface area contributed by atoms with Gasteiger partial charge in [0, 0.05) is 30.7 Å². The van der Waals surface area contributed by atoms with Crippen LogP contribution in [0.2, 0.25) is 0 Å². The Morgan fingerprint density at radius 3 is 3.05 bits per heavy atom. The first kappa shape index (κ1) is 13.4. The Bertz CT molecular complexity index is 634. The molecule has 108 valence electrons. The van der Waals surface area contributed by atoms with E-state index in [2.05, 4.69) is 16.8 Å². The lowest BCUT2D eigenvalue weighted by Crippen LogP contribution is -2.46. The van der Waals surface area contributed by atoms with E-state index in [9.17, 15) is 4.79 Å². The zero-order chi connectivity index (χ0) is 14.3. The summed E-state index contributed by atoms with van der Waals surface area (Å²) in [7, 11) is 0. The Hall–Kier alpha value is -1.60. The molecule has 1 saturated heterocycles. The predicted molar refractivity (Wildman–Crippen MR) is 79.7 cm³/mol. The van der Waals surface area contributed by atoms with E-state index in [-0.39, 0.29) is 11.8 Å². The Morgan fingerprint density at radius 2 is 2.35 bits per heavy atom. The van der Waals surface area contributed by atoms with Gasteiger partial charge in [0.2, 0.25) is 5.91 Å². The molecule has 2 unspecified atom stereocenters. The summed E-state index contributed by atoms with van der Waals surface area (Å²) in [5, 5.41) is 2.00. The first-order valence-electron chi connectivity index (χ1n) is 6.82.